The van der Waals surface area contributed by atoms with Crippen molar-refractivity contribution in [3.8, 4) is 0 Å². The Morgan fingerprint density at radius 3 is 2.69 bits per heavy atom. The Morgan fingerprint density at radius 1 is 1.19 bits per heavy atom. The quantitative estimate of drug-likeness (QED) is 0.436. The molecule has 1 aromatic rings. The number of thioether (sulfide) groups is 1. The molecule has 0 bridgehead atoms. The van der Waals surface area contributed by atoms with Crippen LogP contribution >= 0.6 is 11.8 Å². The van der Waals surface area contributed by atoms with E-state index in [1.807, 2.05) is 24.8 Å². The Bertz CT molecular complexity index is 315. The SMILES string of the molecule is Cc1cccc(SCCCCCCO)c1N. The van der Waals surface area contributed by atoms with Gasteiger partial charge < -0.3 is 10.8 Å². The maximum atomic E-state index is 8.65. The third-order valence-electron chi connectivity index (χ3n) is 2.59. The fourth-order valence-corrected chi connectivity index (χ4v) is 2.59. The van der Waals surface area contributed by atoms with Crippen LogP contribution in [0.25, 0.3) is 0 Å². The first-order chi connectivity index (χ1) is 7.75. The fraction of sp³-hybridized carbons (Fsp3) is 0.538. The molecule has 0 aliphatic rings. The molecular weight excluding hydrogens is 218 g/mol. The van der Waals surface area contributed by atoms with Gasteiger partial charge in [-0.15, -0.1) is 11.8 Å². The lowest BCUT2D eigenvalue weighted by Crippen LogP contribution is -1.93. The first-order valence-electron chi connectivity index (χ1n) is 5.84. The average Bonchev–Trinajstić information content (AvgIpc) is 2.29. The Balaban J connectivity index is 2.24. The third-order valence-corrected chi connectivity index (χ3v) is 3.75. The summed E-state index contributed by atoms with van der Waals surface area (Å²) in [5.41, 5.74) is 8.07. The Kier molecular flexibility index (Phi) is 6.34. The van der Waals surface area contributed by atoms with Gasteiger partial charge in [0.1, 0.15) is 0 Å². The Morgan fingerprint density at radius 2 is 1.94 bits per heavy atom. The molecule has 0 saturated heterocycles. The van der Waals surface area contributed by atoms with Gasteiger partial charge in [-0.1, -0.05) is 25.0 Å². The number of unbranched alkanes of at least 4 members (excludes halogenated alkanes) is 3. The maximum Gasteiger partial charge on any atom is 0.0481 e. The first-order valence-corrected chi connectivity index (χ1v) is 6.83. The summed E-state index contributed by atoms with van der Waals surface area (Å²) in [7, 11) is 0. The molecule has 90 valence electrons. The van der Waals surface area contributed by atoms with Gasteiger partial charge in [-0.05, 0) is 37.1 Å². The molecule has 0 fully saturated rings. The van der Waals surface area contributed by atoms with Crippen molar-refractivity contribution in [2.24, 2.45) is 0 Å². The summed E-state index contributed by atoms with van der Waals surface area (Å²) >= 11 is 1.83. The predicted molar refractivity (Wildman–Crippen MR) is 71.9 cm³/mol. The van der Waals surface area contributed by atoms with Crippen molar-refractivity contribution in [3.05, 3.63) is 23.8 Å². The zero-order chi connectivity index (χ0) is 11.8. The normalized spacial score (nSPS) is 10.6. The number of aliphatic hydroxyl groups excluding tert-OH is 1. The number of hydrogen-bond acceptors (Lipinski definition) is 3. The lowest BCUT2D eigenvalue weighted by atomic mass is 10.2. The summed E-state index contributed by atoms with van der Waals surface area (Å²) in [5.74, 6) is 1.11. The molecular formula is C13H21NOS. The van der Waals surface area contributed by atoms with Gasteiger partial charge >= 0.3 is 0 Å². The Hall–Kier alpha value is -0.670. The van der Waals surface area contributed by atoms with Crippen LogP contribution in [-0.4, -0.2) is 17.5 Å². The lowest BCUT2D eigenvalue weighted by Gasteiger charge is -2.07. The van der Waals surface area contributed by atoms with E-state index in [0.717, 1.165) is 29.8 Å². The average molecular weight is 239 g/mol. The fourth-order valence-electron chi connectivity index (χ4n) is 1.53. The molecule has 0 saturated carbocycles. The van der Waals surface area contributed by atoms with E-state index in [1.54, 1.807) is 0 Å². The molecule has 0 aromatic heterocycles. The van der Waals surface area contributed by atoms with Crippen molar-refractivity contribution in [1.82, 2.24) is 0 Å². The second kappa shape index (κ2) is 7.58. The van der Waals surface area contributed by atoms with Crippen molar-refractivity contribution in [1.29, 1.82) is 0 Å². The number of benzene rings is 1. The van der Waals surface area contributed by atoms with Gasteiger partial charge in [-0.25, -0.2) is 0 Å². The predicted octanol–water partition coefficient (Wildman–Crippen LogP) is 3.22. The van der Waals surface area contributed by atoms with E-state index in [-0.39, 0.29) is 0 Å². The van der Waals surface area contributed by atoms with Crippen molar-refractivity contribution < 1.29 is 5.11 Å². The van der Waals surface area contributed by atoms with Crippen molar-refractivity contribution in [2.45, 2.75) is 37.5 Å². The van der Waals surface area contributed by atoms with Crippen LogP contribution in [0.3, 0.4) is 0 Å². The first kappa shape index (κ1) is 13.4. The molecule has 2 nitrogen and oxygen atoms in total. The van der Waals surface area contributed by atoms with Crippen LogP contribution < -0.4 is 5.73 Å². The highest BCUT2D eigenvalue weighted by molar-refractivity contribution is 7.99. The molecule has 3 N–H and O–H groups in total. The van der Waals surface area contributed by atoms with E-state index >= 15 is 0 Å². The van der Waals surface area contributed by atoms with Crippen molar-refractivity contribution in [3.63, 3.8) is 0 Å². The monoisotopic (exact) mass is 239 g/mol. The Labute approximate surface area is 102 Å². The largest absolute Gasteiger partial charge is 0.398 e. The highest BCUT2D eigenvalue weighted by Crippen LogP contribution is 2.28. The molecule has 0 aliphatic heterocycles. The zero-order valence-corrected chi connectivity index (χ0v) is 10.7. The summed E-state index contributed by atoms with van der Waals surface area (Å²) < 4.78 is 0. The maximum absolute atomic E-state index is 8.65. The molecule has 3 heteroatoms. The topological polar surface area (TPSA) is 46.2 Å². The molecule has 0 amide bonds. The van der Waals surface area contributed by atoms with E-state index in [9.17, 15) is 0 Å². The number of hydrogen-bond donors (Lipinski definition) is 2. The molecule has 0 radical (unpaired) electrons. The van der Waals surface area contributed by atoms with Crippen molar-refractivity contribution in [2.75, 3.05) is 18.1 Å². The molecule has 16 heavy (non-hydrogen) atoms. The van der Waals surface area contributed by atoms with Crippen LogP contribution in [0, 0.1) is 6.92 Å². The van der Waals surface area contributed by atoms with Crippen LogP contribution in [-0.2, 0) is 0 Å². The van der Waals surface area contributed by atoms with E-state index < -0.39 is 0 Å². The van der Waals surface area contributed by atoms with Crippen LogP contribution in [0.15, 0.2) is 23.1 Å². The zero-order valence-electron chi connectivity index (χ0n) is 9.91. The molecule has 1 aromatic carbocycles. The van der Waals surface area contributed by atoms with Crippen molar-refractivity contribution >= 4 is 17.4 Å². The number of aryl methyl sites for hydroxylation is 1. The van der Waals surface area contributed by atoms with E-state index in [2.05, 4.69) is 12.1 Å². The lowest BCUT2D eigenvalue weighted by molar-refractivity contribution is 0.283. The van der Waals surface area contributed by atoms with E-state index in [0.29, 0.717) is 6.61 Å². The highest BCUT2D eigenvalue weighted by Gasteiger charge is 2.01. The number of nitrogens with two attached hydrogens (primary N) is 1. The van der Waals surface area contributed by atoms with Gasteiger partial charge in [0.2, 0.25) is 0 Å². The smallest absolute Gasteiger partial charge is 0.0481 e. The summed E-state index contributed by atoms with van der Waals surface area (Å²) in [5, 5.41) is 8.65. The number of anilines is 1. The summed E-state index contributed by atoms with van der Waals surface area (Å²) in [6.45, 7) is 2.36. The number of para-hydroxylation sites is 1. The van der Waals surface area contributed by atoms with Crippen LogP contribution in [0.2, 0.25) is 0 Å². The summed E-state index contributed by atoms with van der Waals surface area (Å²) in [4.78, 5) is 1.20. The van der Waals surface area contributed by atoms with Gasteiger partial charge in [0.05, 0.1) is 0 Å². The molecule has 0 heterocycles. The molecule has 0 unspecified atom stereocenters. The molecule has 0 aliphatic carbocycles. The minimum Gasteiger partial charge on any atom is -0.398 e. The number of aliphatic hydroxyl groups is 1. The second-order valence-corrected chi connectivity index (χ2v) is 5.11. The minimum atomic E-state index is 0.317. The van der Waals surface area contributed by atoms with Gasteiger partial charge in [0.25, 0.3) is 0 Å². The third kappa shape index (κ3) is 4.45. The van der Waals surface area contributed by atoms with E-state index in [4.69, 9.17) is 10.8 Å². The number of rotatable bonds is 7. The van der Waals surface area contributed by atoms with E-state index in [1.165, 1.54) is 17.7 Å². The summed E-state index contributed by atoms with van der Waals surface area (Å²) in [6.07, 6.45) is 4.44. The molecule has 1 rings (SSSR count). The van der Waals surface area contributed by atoms with Gasteiger partial charge in [-0.2, -0.15) is 0 Å². The standard InChI is InChI=1S/C13H21NOS/c1-11-7-6-8-12(13(11)14)16-10-5-3-2-4-9-15/h6-8,15H,2-5,9-10,14H2,1H3. The van der Waals surface area contributed by atoms with Gasteiger partial charge in [0, 0.05) is 17.2 Å². The minimum absolute atomic E-state index is 0.317. The van der Waals surface area contributed by atoms with Crippen LogP contribution in [0.5, 0.6) is 0 Å². The van der Waals surface area contributed by atoms with Gasteiger partial charge in [-0.3, -0.25) is 0 Å². The second-order valence-electron chi connectivity index (χ2n) is 3.97. The molecule has 0 spiro atoms. The number of nitrogen functional groups attached to an aromatic ring is 1. The molecule has 0 atom stereocenters. The van der Waals surface area contributed by atoms with Crippen LogP contribution in [0.1, 0.15) is 31.2 Å². The highest BCUT2D eigenvalue weighted by atomic mass is 32.2. The van der Waals surface area contributed by atoms with Gasteiger partial charge in [0.15, 0.2) is 0 Å². The summed E-state index contributed by atoms with van der Waals surface area (Å²) in [6, 6.07) is 6.18. The van der Waals surface area contributed by atoms with Crippen LogP contribution in [0.4, 0.5) is 5.69 Å².